The number of anilines is 1. The van der Waals surface area contributed by atoms with E-state index < -0.39 is 0 Å². The van der Waals surface area contributed by atoms with E-state index in [4.69, 9.17) is 0 Å². The lowest BCUT2D eigenvalue weighted by Crippen LogP contribution is -2.48. The summed E-state index contributed by atoms with van der Waals surface area (Å²) in [7, 11) is 0. The number of hydrogen-bond donors (Lipinski definition) is 1. The Morgan fingerprint density at radius 3 is 2.46 bits per heavy atom. The van der Waals surface area contributed by atoms with Crippen LogP contribution in [0.15, 0.2) is 18.2 Å². The van der Waals surface area contributed by atoms with Crippen LogP contribution in [-0.2, 0) is 9.59 Å². The zero-order valence-corrected chi connectivity index (χ0v) is 15.3. The van der Waals surface area contributed by atoms with Crippen molar-refractivity contribution < 1.29 is 9.59 Å². The van der Waals surface area contributed by atoms with E-state index in [-0.39, 0.29) is 17.9 Å². The third-order valence-corrected chi connectivity index (χ3v) is 4.71. The van der Waals surface area contributed by atoms with Crippen LogP contribution in [0.5, 0.6) is 0 Å². The van der Waals surface area contributed by atoms with Crippen molar-refractivity contribution in [1.82, 2.24) is 10.2 Å². The summed E-state index contributed by atoms with van der Waals surface area (Å²) in [5, 5.41) is 3.13. The highest BCUT2D eigenvalue weighted by Crippen LogP contribution is 2.21. The smallest absolute Gasteiger partial charge is 0.239 e. The molecule has 5 nitrogen and oxygen atoms in total. The standard InChI is InChI=1S/C19H29N3O2/c1-5-21(18-7-6-14(2)12-15(18)3)13-19(24)20-17-8-10-22(11-9-17)16(4)23/h6-7,12,17H,5,8-11,13H2,1-4H3,(H,20,24). The summed E-state index contributed by atoms with van der Waals surface area (Å²) in [5.74, 6) is 0.171. The summed E-state index contributed by atoms with van der Waals surface area (Å²) < 4.78 is 0. The molecule has 1 N–H and O–H groups in total. The van der Waals surface area contributed by atoms with Gasteiger partial charge < -0.3 is 15.1 Å². The van der Waals surface area contributed by atoms with Crippen LogP contribution < -0.4 is 10.2 Å². The van der Waals surface area contributed by atoms with Gasteiger partial charge in [0.05, 0.1) is 6.54 Å². The molecule has 132 valence electrons. The maximum atomic E-state index is 12.4. The first-order valence-electron chi connectivity index (χ1n) is 8.77. The number of piperidine rings is 1. The molecule has 2 rings (SSSR count). The van der Waals surface area contributed by atoms with Crippen molar-refractivity contribution in [3.63, 3.8) is 0 Å². The molecule has 0 radical (unpaired) electrons. The number of nitrogens with zero attached hydrogens (tertiary/aromatic N) is 2. The van der Waals surface area contributed by atoms with Gasteiger partial charge >= 0.3 is 0 Å². The molecule has 1 heterocycles. The van der Waals surface area contributed by atoms with Gasteiger partial charge in [0, 0.05) is 38.3 Å². The minimum absolute atomic E-state index is 0.0538. The number of carbonyl (C=O) groups is 2. The van der Waals surface area contributed by atoms with Gasteiger partial charge in [0.1, 0.15) is 0 Å². The Bertz CT molecular complexity index is 592. The molecule has 0 aliphatic carbocycles. The SMILES string of the molecule is CCN(CC(=O)NC1CCN(C(C)=O)CC1)c1ccc(C)cc1C. The maximum Gasteiger partial charge on any atom is 0.239 e. The van der Waals surface area contributed by atoms with Crippen LogP contribution in [0.1, 0.15) is 37.8 Å². The number of amides is 2. The molecule has 0 atom stereocenters. The van der Waals surface area contributed by atoms with E-state index in [2.05, 4.69) is 49.2 Å². The minimum atomic E-state index is 0.0538. The van der Waals surface area contributed by atoms with E-state index in [1.807, 2.05) is 4.90 Å². The zero-order valence-electron chi connectivity index (χ0n) is 15.3. The molecule has 1 aromatic carbocycles. The number of hydrogen-bond acceptors (Lipinski definition) is 3. The molecule has 1 aliphatic heterocycles. The van der Waals surface area contributed by atoms with E-state index in [0.717, 1.165) is 38.2 Å². The Kier molecular flexibility index (Phi) is 6.23. The van der Waals surface area contributed by atoms with E-state index in [0.29, 0.717) is 6.54 Å². The lowest BCUT2D eigenvalue weighted by Gasteiger charge is -2.32. The maximum absolute atomic E-state index is 12.4. The van der Waals surface area contributed by atoms with Gasteiger partial charge in [-0.2, -0.15) is 0 Å². The van der Waals surface area contributed by atoms with Crippen molar-refractivity contribution in [2.45, 2.75) is 46.6 Å². The lowest BCUT2D eigenvalue weighted by molar-refractivity contribution is -0.130. The minimum Gasteiger partial charge on any atom is -0.362 e. The third-order valence-electron chi connectivity index (χ3n) is 4.71. The van der Waals surface area contributed by atoms with Crippen molar-refractivity contribution in [1.29, 1.82) is 0 Å². The molecule has 5 heteroatoms. The second kappa shape index (κ2) is 8.18. The van der Waals surface area contributed by atoms with E-state index >= 15 is 0 Å². The molecule has 1 saturated heterocycles. The van der Waals surface area contributed by atoms with Crippen molar-refractivity contribution in [3.05, 3.63) is 29.3 Å². The summed E-state index contributed by atoms with van der Waals surface area (Å²) in [4.78, 5) is 27.7. The summed E-state index contributed by atoms with van der Waals surface area (Å²) in [6.07, 6.45) is 1.67. The molecule has 0 aromatic heterocycles. The number of likely N-dealkylation sites (tertiary alicyclic amines) is 1. The number of benzene rings is 1. The number of likely N-dealkylation sites (N-methyl/N-ethyl adjacent to an activating group) is 1. The molecule has 1 aromatic rings. The number of carbonyl (C=O) groups excluding carboxylic acids is 2. The van der Waals surface area contributed by atoms with E-state index in [9.17, 15) is 9.59 Å². The molecule has 24 heavy (non-hydrogen) atoms. The first kappa shape index (κ1) is 18.3. The Hall–Kier alpha value is -2.04. The normalized spacial score (nSPS) is 15.2. The predicted molar refractivity (Wildman–Crippen MR) is 97.2 cm³/mol. The van der Waals surface area contributed by atoms with E-state index in [1.165, 1.54) is 11.1 Å². The molecule has 0 unspecified atom stereocenters. The fourth-order valence-electron chi connectivity index (χ4n) is 3.31. The third kappa shape index (κ3) is 4.73. The fraction of sp³-hybridized carbons (Fsp3) is 0.579. The monoisotopic (exact) mass is 331 g/mol. The van der Waals surface area contributed by atoms with E-state index in [1.54, 1.807) is 6.92 Å². The second-order valence-electron chi connectivity index (χ2n) is 6.65. The Morgan fingerprint density at radius 2 is 1.92 bits per heavy atom. The highest BCUT2D eigenvalue weighted by molar-refractivity contribution is 5.82. The van der Waals surface area contributed by atoms with Crippen LogP contribution in [0.4, 0.5) is 5.69 Å². The Labute approximate surface area is 145 Å². The quantitative estimate of drug-likeness (QED) is 0.900. The average molecular weight is 331 g/mol. The van der Waals surface area contributed by atoms with Gasteiger partial charge in [0.2, 0.25) is 11.8 Å². The second-order valence-corrected chi connectivity index (χ2v) is 6.65. The summed E-state index contributed by atoms with van der Waals surface area (Å²) in [6.45, 7) is 10.4. The van der Waals surface area contributed by atoms with Gasteiger partial charge in [-0.1, -0.05) is 17.7 Å². The van der Waals surface area contributed by atoms with Gasteiger partial charge in [0.15, 0.2) is 0 Å². The first-order chi connectivity index (χ1) is 11.4. The Balaban J connectivity index is 1.90. The highest BCUT2D eigenvalue weighted by atomic mass is 16.2. The number of nitrogens with one attached hydrogen (secondary N) is 1. The van der Waals surface area contributed by atoms with Crippen LogP contribution in [-0.4, -0.2) is 48.9 Å². The van der Waals surface area contributed by atoms with Crippen molar-refractivity contribution in [3.8, 4) is 0 Å². The Morgan fingerprint density at radius 1 is 1.25 bits per heavy atom. The van der Waals surface area contributed by atoms with Gasteiger partial charge in [-0.15, -0.1) is 0 Å². The topological polar surface area (TPSA) is 52.7 Å². The number of rotatable bonds is 5. The summed E-state index contributed by atoms with van der Waals surface area (Å²) in [6, 6.07) is 6.49. The molecule has 0 bridgehead atoms. The molecule has 1 fully saturated rings. The van der Waals surface area contributed by atoms with Gasteiger partial charge in [-0.3, -0.25) is 9.59 Å². The van der Waals surface area contributed by atoms with Gasteiger partial charge in [-0.05, 0) is 45.2 Å². The summed E-state index contributed by atoms with van der Waals surface area (Å²) >= 11 is 0. The van der Waals surface area contributed by atoms with Crippen LogP contribution >= 0.6 is 0 Å². The predicted octanol–water partition coefficient (Wildman–Crippen LogP) is 2.26. The molecular weight excluding hydrogens is 302 g/mol. The van der Waals surface area contributed by atoms with Crippen LogP contribution in [0.3, 0.4) is 0 Å². The van der Waals surface area contributed by atoms with Gasteiger partial charge in [-0.25, -0.2) is 0 Å². The molecule has 0 saturated carbocycles. The molecule has 0 spiro atoms. The van der Waals surface area contributed by atoms with Crippen LogP contribution in [0.25, 0.3) is 0 Å². The van der Waals surface area contributed by atoms with Crippen molar-refractivity contribution >= 4 is 17.5 Å². The lowest BCUT2D eigenvalue weighted by atomic mass is 10.0. The van der Waals surface area contributed by atoms with Gasteiger partial charge in [0.25, 0.3) is 0 Å². The fourth-order valence-corrected chi connectivity index (χ4v) is 3.31. The molecule has 2 amide bonds. The van der Waals surface area contributed by atoms with Crippen LogP contribution in [0, 0.1) is 13.8 Å². The molecule has 1 aliphatic rings. The highest BCUT2D eigenvalue weighted by Gasteiger charge is 2.22. The average Bonchev–Trinajstić information content (AvgIpc) is 2.53. The zero-order chi connectivity index (χ0) is 17.7. The molecular formula is C19H29N3O2. The van der Waals surface area contributed by atoms with Crippen LogP contribution in [0.2, 0.25) is 0 Å². The summed E-state index contributed by atoms with van der Waals surface area (Å²) in [5.41, 5.74) is 3.54. The number of aryl methyl sites for hydroxylation is 2. The van der Waals surface area contributed by atoms with Crippen molar-refractivity contribution in [2.24, 2.45) is 0 Å². The largest absolute Gasteiger partial charge is 0.362 e. The van der Waals surface area contributed by atoms with Crippen molar-refractivity contribution in [2.75, 3.05) is 31.1 Å². The first-order valence-corrected chi connectivity index (χ1v) is 8.77.